The number of hydrogen-bond acceptors (Lipinski definition) is 3. The van der Waals surface area contributed by atoms with Crippen LogP contribution < -0.4 is 4.74 Å². The smallest absolute Gasteiger partial charge is 0.137 e. The molecule has 0 N–H and O–H groups in total. The van der Waals surface area contributed by atoms with Crippen molar-refractivity contribution in [2.75, 3.05) is 40.3 Å². The molecule has 1 rings (SSSR count). The van der Waals surface area contributed by atoms with Crippen LogP contribution in [0.15, 0.2) is 35.3 Å². The zero-order valence-electron chi connectivity index (χ0n) is 10.4. The number of quaternary nitrogens is 1. The number of thiocarbonyl (C=S) groups is 1. The lowest BCUT2D eigenvalue weighted by Gasteiger charge is -2.28. The first-order chi connectivity index (χ1) is 8.14. The monoisotopic (exact) mass is 251 g/mol. The van der Waals surface area contributed by atoms with Crippen molar-refractivity contribution < 1.29 is 9.22 Å². The van der Waals surface area contributed by atoms with Crippen LogP contribution in [-0.4, -0.2) is 50.0 Å². The van der Waals surface area contributed by atoms with E-state index in [1.165, 1.54) is 0 Å². The number of rotatable bonds is 7. The van der Waals surface area contributed by atoms with Gasteiger partial charge in [0, 0.05) is 0 Å². The Bertz CT molecular complexity index is 372. The second-order valence-electron chi connectivity index (χ2n) is 4.52. The Morgan fingerprint density at radius 1 is 1.24 bits per heavy atom. The number of benzene rings is 1. The van der Waals surface area contributed by atoms with Gasteiger partial charge in [0.1, 0.15) is 18.9 Å². The summed E-state index contributed by atoms with van der Waals surface area (Å²) in [6.07, 6.45) is 0. The molecule has 17 heavy (non-hydrogen) atoms. The summed E-state index contributed by atoms with van der Waals surface area (Å²) in [6, 6.07) is 9.87. The van der Waals surface area contributed by atoms with Crippen LogP contribution in [0.5, 0.6) is 5.75 Å². The van der Waals surface area contributed by atoms with Crippen molar-refractivity contribution in [1.82, 2.24) is 0 Å². The minimum atomic E-state index is 0.707. The van der Waals surface area contributed by atoms with Crippen molar-refractivity contribution in [1.29, 1.82) is 0 Å². The summed E-state index contributed by atoms with van der Waals surface area (Å²) in [5, 5.41) is 2.39. The van der Waals surface area contributed by atoms with E-state index in [-0.39, 0.29) is 0 Å². The van der Waals surface area contributed by atoms with E-state index in [1.807, 2.05) is 30.3 Å². The van der Waals surface area contributed by atoms with E-state index in [1.54, 1.807) is 0 Å². The summed E-state index contributed by atoms with van der Waals surface area (Å²) < 4.78 is 6.53. The van der Waals surface area contributed by atoms with Gasteiger partial charge in [-0.25, -0.2) is 4.99 Å². The van der Waals surface area contributed by atoms with Crippen LogP contribution in [0.1, 0.15) is 0 Å². The standard InChI is InChI=1S/C13H19N2OS/c1-15(2,9-8-14-12-17)10-11-16-13-6-4-3-5-7-13/h3-7H,8-11H2,1-2H3/q+1. The molecule has 0 saturated heterocycles. The van der Waals surface area contributed by atoms with Crippen LogP contribution in [0.3, 0.4) is 0 Å². The average molecular weight is 251 g/mol. The van der Waals surface area contributed by atoms with Gasteiger partial charge in [-0.05, 0) is 24.4 Å². The zero-order valence-corrected chi connectivity index (χ0v) is 11.2. The minimum absolute atomic E-state index is 0.707. The van der Waals surface area contributed by atoms with Crippen molar-refractivity contribution >= 4 is 17.4 Å². The molecule has 0 bridgehead atoms. The van der Waals surface area contributed by atoms with Crippen LogP contribution in [-0.2, 0) is 0 Å². The second-order valence-corrected chi connectivity index (χ2v) is 4.70. The van der Waals surface area contributed by atoms with E-state index >= 15 is 0 Å². The molecule has 0 radical (unpaired) electrons. The van der Waals surface area contributed by atoms with Crippen molar-refractivity contribution in [3.63, 3.8) is 0 Å². The molecular formula is C13H19N2OS+. The van der Waals surface area contributed by atoms with Crippen LogP contribution in [0, 0.1) is 0 Å². The Balaban J connectivity index is 2.27. The van der Waals surface area contributed by atoms with Crippen LogP contribution in [0.4, 0.5) is 0 Å². The van der Waals surface area contributed by atoms with Gasteiger partial charge in [-0.15, -0.1) is 0 Å². The number of nitrogens with zero attached hydrogens (tertiary/aromatic N) is 2. The lowest BCUT2D eigenvalue weighted by Crippen LogP contribution is -2.44. The summed E-state index contributed by atoms with van der Waals surface area (Å²) in [5.41, 5.74) is 0. The largest absolute Gasteiger partial charge is 0.488 e. The molecular weight excluding hydrogens is 232 g/mol. The molecule has 0 fully saturated rings. The Kier molecular flexibility index (Phi) is 5.84. The zero-order chi connectivity index (χ0) is 12.6. The van der Waals surface area contributed by atoms with Crippen LogP contribution in [0.25, 0.3) is 0 Å². The summed E-state index contributed by atoms with van der Waals surface area (Å²) in [7, 11) is 4.32. The molecule has 1 aromatic rings. The molecule has 1 aromatic carbocycles. The van der Waals surface area contributed by atoms with Crippen molar-refractivity contribution in [3.05, 3.63) is 30.3 Å². The van der Waals surface area contributed by atoms with Gasteiger partial charge >= 0.3 is 0 Å². The van der Waals surface area contributed by atoms with E-state index in [2.05, 4.69) is 36.5 Å². The molecule has 0 heterocycles. The van der Waals surface area contributed by atoms with Gasteiger partial charge in [0.15, 0.2) is 0 Å². The number of ether oxygens (including phenoxy) is 1. The summed E-state index contributed by atoms with van der Waals surface area (Å²) >= 11 is 4.54. The fourth-order valence-electron chi connectivity index (χ4n) is 1.41. The Morgan fingerprint density at radius 3 is 2.59 bits per heavy atom. The Morgan fingerprint density at radius 2 is 1.94 bits per heavy atom. The summed E-state index contributed by atoms with van der Waals surface area (Å²) in [5.74, 6) is 0.921. The predicted octanol–water partition coefficient (Wildman–Crippen LogP) is 2.24. The molecule has 0 aromatic heterocycles. The third kappa shape index (κ3) is 6.17. The van der Waals surface area contributed by atoms with E-state index in [4.69, 9.17) is 4.74 Å². The van der Waals surface area contributed by atoms with E-state index < -0.39 is 0 Å². The lowest BCUT2D eigenvalue weighted by atomic mass is 10.3. The quantitative estimate of drug-likeness (QED) is 0.421. The van der Waals surface area contributed by atoms with Crippen LogP contribution >= 0.6 is 12.2 Å². The van der Waals surface area contributed by atoms with Crippen molar-refractivity contribution in [2.24, 2.45) is 4.99 Å². The molecule has 0 unspecified atom stereocenters. The molecule has 0 aliphatic rings. The van der Waals surface area contributed by atoms with Crippen molar-refractivity contribution in [2.45, 2.75) is 0 Å². The molecule has 92 valence electrons. The minimum Gasteiger partial charge on any atom is -0.488 e. The fourth-order valence-corrected chi connectivity index (χ4v) is 1.50. The molecule has 0 amide bonds. The van der Waals surface area contributed by atoms with Crippen molar-refractivity contribution in [3.8, 4) is 5.75 Å². The lowest BCUT2D eigenvalue weighted by molar-refractivity contribution is -0.888. The second kappa shape index (κ2) is 7.17. The van der Waals surface area contributed by atoms with E-state index in [9.17, 15) is 0 Å². The van der Waals surface area contributed by atoms with Gasteiger partial charge in [0.25, 0.3) is 0 Å². The van der Waals surface area contributed by atoms with E-state index in [0.29, 0.717) is 6.61 Å². The summed E-state index contributed by atoms with van der Waals surface area (Å²) in [6.45, 7) is 3.32. The number of para-hydroxylation sites is 1. The molecule has 3 nitrogen and oxygen atoms in total. The normalized spacial score (nSPS) is 10.7. The molecule has 0 saturated carbocycles. The van der Waals surface area contributed by atoms with Gasteiger partial charge in [-0.3, -0.25) is 0 Å². The maximum atomic E-state index is 5.67. The molecule has 4 heteroatoms. The third-order valence-corrected chi connectivity index (χ3v) is 2.72. The van der Waals surface area contributed by atoms with E-state index in [0.717, 1.165) is 29.9 Å². The maximum absolute atomic E-state index is 5.67. The number of hydrogen-bond donors (Lipinski definition) is 0. The Labute approximate surface area is 108 Å². The molecule has 0 aliphatic carbocycles. The van der Waals surface area contributed by atoms with Gasteiger partial charge < -0.3 is 9.22 Å². The summed E-state index contributed by atoms with van der Waals surface area (Å²) in [4.78, 5) is 3.93. The number of isothiocyanates is 1. The SMILES string of the molecule is C[N+](C)(CCN=C=S)CCOc1ccccc1. The topological polar surface area (TPSA) is 21.6 Å². The highest BCUT2D eigenvalue weighted by Crippen LogP contribution is 2.08. The first-order valence-electron chi connectivity index (χ1n) is 5.67. The Hall–Kier alpha value is -1.22. The van der Waals surface area contributed by atoms with Gasteiger partial charge in [0.05, 0.1) is 32.3 Å². The molecule has 0 atom stereocenters. The molecule has 0 spiro atoms. The van der Waals surface area contributed by atoms with Gasteiger partial charge in [-0.1, -0.05) is 18.2 Å². The first kappa shape index (κ1) is 13.8. The maximum Gasteiger partial charge on any atom is 0.137 e. The fraction of sp³-hybridized carbons (Fsp3) is 0.462. The predicted molar refractivity (Wildman–Crippen MR) is 73.7 cm³/mol. The highest BCUT2D eigenvalue weighted by atomic mass is 32.1. The van der Waals surface area contributed by atoms with Crippen LogP contribution in [0.2, 0.25) is 0 Å². The highest BCUT2D eigenvalue weighted by molar-refractivity contribution is 7.78. The molecule has 0 aliphatic heterocycles. The number of aliphatic imine (C=N–C) groups is 1. The number of likely N-dealkylation sites (N-methyl/N-ethyl adjacent to an activating group) is 1. The highest BCUT2D eigenvalue weighted by Gasteiger charge is 2.13. The first-order valence-corrected chi connectivity index (χ1v) is 6.08. The average Bonchev–Trinajstić information content (AvgIpc) is 2.30. The third-order valence-electron chi connectivity index (χ3n) is 2.59. The van der Waals surface area contributed by atoms with Gasteiger partial charge in [-0.2, -0.15) is 0 Å². The van der Waals surface area contributed by atoms with Gasteiger partial charge in [0.2, 0.25) is 0 Å².